The molecule has 1 heterocycles. The highest BCUT2D eigenvalue weighted by atomic mass is 15.2. The number of hydrogen-bond acceptors (Lipinski definition) is 2. The number of benzene rings is 1. The molecule has 1 aliphatic carbocycles. The molecular weight excluding hydrogens is 256 g/mol. The fraction of sp³-hybridized carbons (Fsp3) is 0.684. The van der Waals surface area contributed by atoms with E-state index in [0.717, 1.165) is 5.92 Å². The van der Waals surface area contributed by atoms with Gasteiger partial charge in [-0.15, -0.1) is 0 Å². The summed E-state index contributed by atoms with van der Waals surface area (Å²) < 4.78 is 0. The van der Waals surface area contributed by atoms with Crippen LogP contribution in [0.5, 0.6) is 0 Å². The predicted octanol–water partition coefficient (Wildman–Crippen LogP) is 3.77. The normalized spacial score (nSPS) is 25.5. The molecule has 2 atom stereocenters. The molecule has 1 aromatic carbocycles. The molecule has 3 rings (SSSR count). The molecule has 116 valence electrons. The van der Waals surface area contributed by atoms with Crippen LogP contribution in [0.2, 0.25) is 0 Å². The zero-order valence-corrected chi connectivity index (χ0v) is 13.6. The van der Waals surface area contributed by atoms with Crippen LogP contribution in [0.4, 0.5) is 0 Å². The Hall–Kier alpha value is -0.860. The smallest absolute Gasteiger partial charge is 0.0351 e. The van der Waals surface area contributed by atoms with E-state index in [2.05, 4.69) is 48.3 Å². The van der Waals surface area contributed by atoms with E-state index in [1.807, 2.05) is 0 Å². The minimum Gasteiger partial charge on any atom is -0.313 e. The average molecular weight is 286 g/mol. The molecule has 0 bridgehead atoms. The maximum atomic E-state index is 3.68. The second kappa shape index (κ2) is 6.93. The van der Waals surface area contributed by atoms with Gasteiger partial charge in [0.2, 0.25) is 0 Å². The van der Waals surface area contributed by atoms with Gasteiger partial charge in [-0.05, 0) is 55.7 Å². The number of nitrogens with one attached hydrogen (secondary N) is 1. The van der Waals surface area contributed by atoms with Crippen LogP contribution in [0.3, 0.4) is 0 Å². The summed E-state index contributed by atoms with van der Waals surface area (Å²) in [5, 5.41) is 3.68. The zero-order valence-electron chi connectivity index (χ0n) is 13.6. The summed E-state index contributed by atoms with van der Waals surface area (Å²) >= 11 is 0. The Morgan fingerprint density at radius 1 is 1.19 bits per heavy atom. The predicted molar refractivity (Wildman–Crippen MR) is 89.6 cm³/mol. The second-order valence-electron chi connectivity index (χ2n) is 7.25. The molecule has 1 N–H and O–H groups in total. The van der Waals surface area contributed by atoms with Crippen molar-refractivity contribution in [2.45, 2.75) is 58.0 Å². The van der Waals surface area contributed by atoms with Crippen molar-refractivity contribution in [3.63, 3.8) is 0 Å². The Kier molecular flexibility index (Phi) is 4.97. The first-order valence-corrected chi connectivity index (χ1v) is 8.79. The van der Waals surface area contributed by atoms with Gasteiger partial charge in [-0.25, -0.2) is 0 Å². The van der Waals surface area contributed by atoms with E-state index in [-0.39, 0.29) is 0 Å². The first kappa shape index (κ1) is 15.1. The molecule has 1 aromatic rings. The number of hydrogen-bond donors (Lipinski definition) is 1. The fourth-order valence-corrected chi connectivity index (χ4v) is 4.10. The highest BCUT2D eigenvalue weighted by molar-refractivity contribution is 5.32. The van der Waals surface area contributed by atoms with Gasteiger partial charge in [0.15, 0.2) is 0 Å². The second-order valence-corrected chi connectivity index (χ2v) is 7.25. The van der Waals surface area contributed by atoms with Crippen LogP contribution in [0.25, 0.3) is 0 Å². The lowest BCUT2D eigenvalue weighted by Crippen LogP contribution is -2.42. The molecule has 1 aliphatic heterocycles. The number of rotatable bonds is 5. The summed E-state index contributed by atoms with van der Waals surface area (Å²) in [6, 6.07) is 10.5. The van der Waals surface area contributed by atoms with Gasteiger partial charge in [-0.3, -0.25) is 4.90 Å². The highest BCUT2D eigenvalue weighted by Crippen LogP contribution is 2.35. The SMILES string of the molecule is CC(C)CN(CC1CCCN1)C1CCCc2ccccc21. The topological polar surface area (TPSA) is 15.3 Å². The van der Waals surface area contributed by atoms with Crippen LogP contribution < -0.4 is 5.32 Å². The Bertz CT molecular complexity index is 449. The third-order valence-electron chi connectivity index (χ3n) is 5.00. The summed E-state index contributed by atoms with van der Waals surface area (Å²) in [7, 11) is 0. The largest absolute Gasteiger partial charge is 0.313 e. The highest BCUT2D eigenvalue weighted by Gasteiger charge is 2.28. The van der Waals surface area contributed by atoms with Crippen molar-refractivity contribution in [1.82, 2.24) is 10.2 Å². The van der Waals surface area contributed by atoms with Crippen LogP contribution in [0, 0.1) is 5.92 Å². The van der Waals surface area contributed by atoms with E-state index in [4.69, 9.17) is 0 Å². The summed E-state index contributed by atoms with van der Waals surface area (Å²) in [5.74, 6) is 0.737. The van der Waals surface area contributed by atoms with Gasteiger partial charge in [-0.2, -0.15) is 0 Å². The van der Waals surface area contributed by atoms with Gasteiger partial charge < -0.3 is 5.32 Å². The minimum absolute atomic E-state index is 0.639. The molecule has 21 heavy (non-hydrogen) atoms. The number of nitrogens with zero attached hydrogens (tertiary/aromatic N) is 1. The summed E-state index contributed by atoms with van der Waals surface area (Å²) in [6.07, 6.45) is 6.64. The minimum atomic E-state index is 0.639. The van der Waals surface area contributed by atoms with Crippen molar-refractivity contribution in [3.8, 4) is 0 Å². The molecular formula is C19H30N2. The van der Waals surface area contributed by atoms with Crippen molar-refractivity contribution in [2.24, 2.45) is 5.92 Å². The van der Waals surface area contributed by atoms with Gasteiger partial charge in [-0.1, -0.05) is 38.1 Å². The van der Waals surface area contributed by atoms with Crippen molar-refractivity contribution >= 4 is 0 Å². The molecule has 0 aromatic heterocycles. The molecule has 0 radical (unpaired) electrons. The molecule has 1 fully saturated rings. The number of aryl methyl sites for hydroxylation is 1. The molecule has 2 aliphatic rings. The van der Waals surface area contributed by atoms with Crippen molar-refractivity contribution < 1.29 is 0 Å². The molecule has 0 amide bonds. The Labute approximate surface area is 129 Å². The molecule has 0 spiro atoms. The summed E-state index contributed by atoms with van der Waals surface area (Å²) in [4.78, 5) is 2.77. The van der Waals surface area contributed by atoms with E-state index >= 15 is 0 Å². The number of fused-ring (bicyclic) bond motifs is 1. The molecule has 1 saturated heterocycles. The van der Waals surface area contributed by atoms with E-state index in [0.29, 0.717) is 12.1 Å². The van der Waals surface area contributed by atoms with Crippen molar-refractivity contribution in [1.29, 1.82) is 0 Å². The van der Waals surface area contributed by atoms with E-state index < -0.39 is 0 Å². The van der Waals surface area contributed by atoms with Gasteiger partial charge in [0.1, 0.15) is 0 Å². The lowest BCUT2D eigenvalue weighted by Gasteiger charge is -2.38. The van der Waals surface area contributed by atoms with Crippen LogP contribution in [-0.2, 0) is 6.42 Å². The first-order valence-electron chi connectivity index (χ1n) is 8.79. The van der Waals surface area contributed by atoms with Gasteiger partial charge in [0.25, 0.3) is 0 Å². The summed E-state index contributed by atoms with van der Waals surface area (Å²) in [6.45, 7) is 8.35. The standard InChI is InChI=1S/C19H30N2/c1-15(2)13-21(14-17-9-6-12-20-17)19-11-5-8-16-7-3-4-10-18(16)19/h3-4,7,10,15,17,19-20H,5-6,8-9,11-14H2,1-2H3. The quantitative estimate of drug-likeness (QED) is 0.886. The maximum absolute atomic E-state index is 3.68. The van der Waals surface area contributed by atoms with Crippen LogP contribution in [0.15, 0.2) is 24.3 Å². The molecule has 0 saturated carbocycles. The van der Waals surface area contributed by atoms with Gasteiger partial charge in [0, 0.05) is 25.2 Å². The molecule has 2 unspecified atom stereocenters. The maximum Gasteiger partial charge on any atom is 0.0351 e. The van der Waals surface area contributed by atoms with Crippen LogP contribution in [-0.4, -0.2) is 30.6 Å². The Morgan fingerprint density at radius 2 is 2.05 bits per heavy atom. The van der Waals surface area contributed by atoms with E-state index in [9.17, 15) is 0 Å². The monoisotopic (exact) mass is 286 g/mol. The average Bonchev–Trinajstić information content (AvgIpc) is 2.98. The molecule has 2 nitrogen and oxygen atoms in total. The van der Waals surface area contributed by atoms with Crippen LogP contribution in [0.1, 0.15) is 56.7 Å². The third-order valence-corrected chi connectivity index (χ3v) is 5.00. The van der Waals surface area contributed by atoms with E-state index in [1.165, 1.54) is 51.7 Å². The lowest BCUT2D eigenvalue weighted by molar-refractivity contribution is 0.146. The van der Waals surface area contributed by atoms with Gasteiger partial charge >= 0.3 is 0 Å². The van der Waals surface area contributed by atoms with Crippen LogP contribution >= 0.6 is 0 Å². The molecule has 2 heteroatoms. The fourth-order valence-electron chi connectivity index (χ4n) is 4.10. The third kappa shape index (κ3) is 3.67. The van der Waals surface area contributed by atoms with E-state index in [1.54, 1.807) is 11.1 Å². The van der Waals surface area contributed by atoms with Crippen molar-refractivity contribution in [3.05, 3.63) is 35.4 Å². The lowest BCUT2D eigenvalue weighted by atomic mass is 9.86. The zero-order chi connectivity index (χ0) is 14.7. The first-order chi connectivity index (χ1) is 10.2. The van der Waals surface area contributed by atoms with Crippen molar-refractivity contribution in [2.75, 3.05) is 19.6 Å². The Balaban J connectivity index is 1.78. The Morgan fingerprint density at radius 3 is 2.81 bits per heavy atom. The van der Waals surface area contributed by atoms with Gasteiger partial charge in [0.05, 0.1) is 0 Å². The summed E-state index contributed by atoms with van der Waals surface area (Å²) in [5.41, 5.74) is 3.18.